The van der Waals surface area contributed by atoms with Crippen molar-refractivity contribution in [3.05, 3.63) is 17.3 Å². The number of nitrogens with zero attached hydrogens (tertiary/aromatic N) is 3. The Bertz CT molecular complexity index is 518. The van der Waals surface area contributed by atoms with E-state index in [4.69, 9.17) is 0 Å². The fourth-order valence-electron chi connectivity index (χ4n) is 1.52. The Balaban J connectivity index is 2.11. The number of thiophene rings is 1. The highest BCUT2D eigenvalue weighted by molar-refractivity contribution is 7.17. The van der Waals surface area contributed by atoms with Gasteiger partial charge in [0.05, 0.1) is 10.2 Å². The van der Waals surface area contributed by atoms with E-state index in [9.17, 15) is 0 Å². The first-order chi connectivity index (χ1) is 8.33. The number of aromatic nitrogens is 2. The molecule has 0 saturated heterocycles. The molecule has 2 aromatic rings. The van der Waals surface area contributed by atoms with Crippen LogP contribution in [0.25, 0.3) is 10.2 Å². The van der Waals surface area contributed by atoms with Crippen molar-refractivity contribution in [1.82, 2.24) is 9.97 Å². The Morgan fingerprint density at radius 3 is 3.18 bits per heavy atom. The van der Waals surface area contributed by atoms with Gasteiger partial charge < -0.3 is 0 Å². The third-order valence-corrected chi connectivity index (χ3v) is 3.57. The van der Waals surface area contributed by atoms with Crippen LogP contribution in [-0.4, -0.2) is 16.2 Å². The first-order valence-corrected chi connectivity index (χ1v) is 6.67. The van der Waals surface area contributed by atoms with Gasteiger partial charge in [0.15, 0.2) is 5.82 Å². The summed E-state index contributed by atoms with van der Waals surface area (Å²) in [5.41, 5.74) is 5.18. The molecule has 4 nitrogen and oxygen atoms in total. The summed E-state index contributed by atoms with van der Waals surface area (Å²) >= 11 is 1.65. The van der Waals surface area contributed by atoms with Crippen LogP contribution in [0, 0.1) is 6.92 Å². The van der Waals surface area contributed by atoms with E-state index in [-0.39, 0.29) is 0 Å². The van der Waals surface area contributed by atoms with Crippen molar-refractivity contribution in [3.63, 3.8) is 0 Å². The van der Waals surface area contributed by atoms with E-state index < -0.39 is 0 Å². The summed E-state index contributed by atoms with van der Waals surface area (Å²) in [5, 5.41) is 6.27. The number of anilines is 1. The summed E-state index contributed by atoms with van der Waals surface area (Å²) < 4.78 is 1.07. The fraction of sp³-hybridized carbons (Fsp3) is 0.417. The maximum absolute atomic E-state index is 4.27. The molecule has 0 saturated carbocycles. The van der Waals surface area contributed by atoms with Gasteiger partial charge in [0.25, 0.3) is 0 Å². The van der Waals surface area contributed by atoms with Crippen LogP contribution in [0.4, 0.5) is 5.82 Å². The van der Waals surface area contributed by atoms with Gasteiger partial charge in [-0.25, -0.2) is 9.97 Å². The van der Waals surface area contributed by atoms with E-state index in [0.717, 1.165) is 22.5 Å². The van der Waals surface area contributed by atoms with E-state index in [1.54, 1.807) is 17.7 Å². The molecular weight excluding hydrogens is 232 g/mol. The molecule has 0 aliphatic heterocycles. The summed E-state index contributed by atoms with van der Waals surface area (Å²) in [6.45, 7) is 4.23. The predicted octanol–water partition coefficient (Wildman–Crippen LogP) is 3.59. The zero-order chi connectivity index (χ0) is 12.1. The molecule has 0 radical (unpaired) electrons. The smallest absolute Gasteiger partial charge is 0.167 e. The molecule has 90 valence electrons. The fourth-order valence-corrected chi connectivity index (χ4v) is 2.46. The van der Waals surface area contributed by atoms with Crippen LogP contribution in [-0.2, 0) is 0 Å². The Labute approximate surface area is 105 Å². The topological polar surface area (TPSA) is 50.2 Å². The van der Waals surface area contributed by atoms with Crippen LogP contribution >= 0.6 is 11.3 Å². The standard InChI is InChI=1S/C12H16N4S/c1-3-4-5-6-15-16-12-11-10(13-8-14-12)9(2)7-17-11/h6-8H,3-5H2,1-2H3,(H,13,14,16). The number of unbranched alkanes of at least 4 members (excludes halogenated alkanes) is 2. The molecule has 0 bridgehead atoms. The lowest BCUT2D eigenvalue weighted by molar-refractivity contribution is 0.841. The van der Waals surface area contributed by atoms with Gasteiger partial charge in [0, 0.05) is 6.21 Å². The van der Waals surface area contributed by atoms with Gasteiger partial charge in [0.1, 0.15) is 6.33 Å². The van der Waals surface area contributed by atoms with Gasteiger partial charge in [-0.05, 0) is 30.7 Å². The Morgan fingerprint density at radius 2 is 2.35 bits per heavy atom. The highest BCUT2D eigenvalue weighted by Gasteiger charge is 2.06. The van der Waals surface area contributed by atoms with Crippen molar-refractivity contribution in [2.45, 2.75) is 33.1 Å². The largest absolute Gasteiger partial charge is 0.260 e. The SMILES string of the molecule is CCCCC=NNc1ncnc2c(C)csc12. The number of hydrogen-bond donors (Lipinski definition) is 1. The quantitative estimate of drug-likeness (QED) is 0.500. The van der Waals surface area contributed by atoms with Crippen molar-refractivity contribution in [2.75, 3.05) is 5.43 Å². The summed E-state index contributed by atoms with van der Waals surface area (Å²) in [7, 11) is 0. The lowest BCUT2D eigenvalue weighted by Gasteiger charge is -1.99. The summed E-state index contributed by atoms with van der Waals surface area (Å²) in [6, 6.07) is 0. The number of hydrogen-bond acceptors (Lipinski definition) is 5. The Kier molecular flexibility index (Phi) is 4.03. The molecule has 1 N–H and O–H groups in total. The van der Waals surface area contributed by atoms with Crippen molar-refractivity contribution < 1.29 is 0 Å². The summed E-state index contributed by atoms with van der Waals surface area (Å²) in [5.74, 6) is 0.792. The van der Waals surface area contributed by atoms with Crippen molar-refractivity contribution in [2.24, 2.45) is 5.10 Å². The molecule has 0 fully saturated rings. The molecule has 0 spiro atoms. The van der Waals surface area contributed by atoms with Gasteiger partial charge >= 0.3 is 0 Å². The molecule has 0 aromatic carbocycles. The first kappa shape index (κ1) is 12.0. The molecule has 17 heavy (non-hydrogen) atoms. The Morgan fingerprint density at radius 1 is 1.47 bits per heavy atom. The second-order valence-corrected chi connectivity index (χ2v) is 4.76. The molecule has 0 aliphatic rings. The highest BCUT2D eigenvalue weighted by Crippen LogP contribution is 2.28. The molecular formula is C12H16N4S. The van der Waals surface area contributed by atoms with Gasteiger partial charge in [-0.1, -0.05) is 13.3 Å². The van der Waals surface area contributed by atoms with Crippen molar-refractivity contribution >= 4 is 33.6 Å². The lowest BCUT2D eigenvalue weighted by Crippen LogP contribution is -1.94. The van der Waals surface area contributed by atoms with E-state index in [1.165, 1.54) is 18.4 Å². The number of aryl methyl sites for hydroxylation is 1. The predicted molar refractivity (Wildman–Crippen MR) is 73.8 cm³/mol. The lowest BCUT2D eigenvalue weighted by atomic mass is 10.3. The van der Waals surface area contributed by atoms with Crippen molar-refractivity contribution in [3.8, 4) is 0 Å². The minimum Gasteiger partial charge on any atom is -0.260 e. The summed E-state index contributed by atoms with van der Waals surface area (Å²) in [4.78, 5) is 8.48. The van der Waals surface area contributed by atoms with E-state index >= 15 is 0 Å². The minimum atomic E-state index is 0.792. The molecule has 0 aliphatic carbocycles. The second-order valence-electron chi connectivity index (χ2n) is 3.88. The average Bonchev–Trinajstić information content (AvgIpc) is 2.72. The van der Waals surface area contributed by atoms with Gasteiger partial charge in [-0.3, -0.25) is 5.43 Å². The molecule has 2 rings (SSSR count). The van der Waals surface area contributed by atoms with E-state index in [2.05, 4.69) is 39.7 Å². The van der Waals surface area contributed by atoms with Gasteiger partial charge in [-0.2, -0.15) is 5.10 Å². The molecule has 5 heteroatoms. The zero-order valence-electron chi connectivity index (χ0n) is 10.1. The molecule has 0 unspecified atom stereocenters. The zero-order valence-corrected chi connectivity index (χ0v) is 10.9. The Hall–Kier alpha value is -1.49. The van der Waals surface area contributed by atoms with Crippen LogP contribution in [0.15, 0.2) is 16.8 Å². The van der Waals surface area contributed by atoms with Crippen LogP contribution in [0.2, 0.25) is 0 Å². The number of hydrazone groups is 1. The monoisotopic (exact) mass is 248 g/mol. The number of rotatable bonds is 5. The van der Waals surface area contributed by atoms with Crippen LogP contribution < -0.4 is 5.43 Å². The second kappa shape index (κ2) is 5.72. The third-order valence-electron chi connectivity index (χ3n) is 2.48. The summed E-state index contributed by atoms with van der Waals surface area (Å²) in [6.07, 6.45) is 6.83. The first-order valence-electron chi connectivity index (χ1n) is 5.79. The van der Waals surface area contributed by atoms with Gasteiger partial charge in [-0.15, -0.1) is 11.3 Å². The third kappa shape index (κ3) is 2.79. The number of fused-ring (bicyclic) bond motifs is 1. The minimum absolute atomic E-state index is 0.792. The van der Waals surface area contributed by atoms with E-state index in [1.807, 2.05) is 6.21 Å². The van der Waals surface area contributed by atoms with Crippen molar-refractivity contribution in [1.29, 1.82) is 0 Å². The van der Waals surface area contributed by atoms with E-state index in [0.29, 0.717) is 0 Å². The number of nitrogens with one attached hydrogen (secondary N) is 1. The maximum atomic E-state index is 4.27. The molecule has 2 aromatic heterocycles. The normalized spacial score (nSPS) is 11.4. The van der Waals surface area contributed by atoms with Crippen LogP contribution in [0.3, 0.4) is 0 Å². The highest BCUT2D eigenvalue weighted by atomic mass is 32.1. The molecule has 0 atom stereocenters. The average molecular weight is 248 g/mol. The van der Waals surface area contributed by atoms with Gasteiger partial charge in [0.2, 0.25) is 0 Å². The van der Waals surface area contributed by atoms with Crippen LogP contribution in [0.5, 0.6) is 0 Å². The molecule has 2 heterocycles. The maximum Gasteiger partial charge on any atom is 0.167 e. The van der Waals surface area contributed by atoms with Crippen LogP contribution in [0.1, 0.15) is 31.7 Å². The molecule has 0 amide bonds.